The molecule has 0 aliphatic heterocycles. The van der Waals surface area contributed by atoms with Crippen molar-refractivity contribution in [1.82, 2.24) is 5.32 Å². The summed E-state index contributed by atoms with van der Waals surface area (Å²) in [4.78, 5) is 10.6. The Labute approximate surface area is 194 Å². The van der Waals surface area contributed by atoms with Crippen molar-refractivity contribution >= 4 is 23.2 Å². The van der Waals surface area contributed by atoms with Gasteiger partial charge in [-0.25, -0.2) is 4.79 Å². The molecule has 0 bridgehead atoms. The molecular weight excluding hydrogens is 410 g/mol. The molecule has 166 valence electrons. The largest absolute Gasteiger partial charge is 0.465 e. The van der Waals surface area contributed by atoms with Crippen LogP contribution in [0, 0.1) is 0 Å². The van der Waals surface area contributed by atoms with Gasteiger partial charge in [-0.2, -0.15) is 0 Å². The molecule has 0 saturated carbocycles. The fourth-order valence-electron chi connectivity index (χ4n) is 3.62. The highest BCUT2D eigenvalue weighted by Crippen LogP contribution is 2.26. The van der Waals surface area contributed by atoms with Gasteiger partial charge in [0.25, 0.3) is 0 Å². The molecule has 0 atom stereocenters. The van der Waals surface area contributed by atoms with Crippen LogP contribution in [0.5, 0.6) is 0 Å². The van der Waals surface area contributed by atoms with E-state index >= 15 is 0 Å². The number of carboxylic acid groups (broad SMARTS) is 1. The van der Waals surface area contributed by atoms with Gasteiger partial charge in [0, 0.05) is 18.8 Å². The van der Waals surface area contributed by atoms with E-state index in [9.17, 15) is 4.79 Å². The molecule has 0 aromatic heterocycles. The lowest BCUT2D eigenvalue weighted by Crippen LogP contribution is -2.19. The zero-order valence-electron chi connectivity index (χ0n) is 18.3. The van der Waals surface area contributed by atoms with E-state index in [4.69, 9.17) is 5.11 Å². The Morgan fingerprint density at radius 1 is 0.667 bits per heavy atom. The van der Waals surface area contributed by atoms with Gasteiger partial charge in [-0.15, -0.1) is 0 Å². The Balaban J connectivity index is 1.33. The highest BCUT2D eigenvalue weighted by Gasteiger charge is 2.04. The Hall–Kier alpha value is -4.25. The molecule has 0 fully saturated rings. The second-order valence-electron chi connectivity index (χ2n) is 7.77. The van der Waals surface area contributed by atoms with E-state index in [1.807, 2.05) is 48.5 Å². The Morgan fingerprint density at radius 3 is 1.97 bits per heavy atom. The summed E-state index contributed by atoms with van der Waals surface area (Å²) in [6.07, 6.45) is -0.0985. The molecule has 0 aliphatic rings. The summed E-state index contributed by atoms with van der Waals surface area (Å²) < 4.78 is 0. The number of hydrogen-bond acceptors (Lipinski definition) is 3. The first-order chi connectivity index (χ1) is 16.2. The molecule has 0 unspecified atom stereocenters. The molecule has 0 spiro atoms. The summed E-state index contributed by atoms with van der Waals surface area (Å²) >= 11 is 0. The lowest BCUT2D eigenvalue weighted by molar-refractivity contribution is 0.194. The van der Waals surface area contributed by atoms with Crippen molar-refractivity contribution in [3.63, 3.8) is 0 Å². The first kappa shape index (κ1) is 22.0. The van der Waals surface area contributed by atoms with Crippen molar-refractivity contribution in [2.45, 2.75) is 13.0 Å². The minimum Gasteiger partial charge on any atom is -0.465 e. The number of amides is 1. The average molecular weight is 438 g/mol. The third kappa shape index (κ3) is 6.37. The van der Waals surface area contributed by atoms with Crippen LogP contribution in [0.15, 0.2) is 103 Å². The molecule has 1 amide bonds. The predicted octanol–water partition coefficient (Wildman–Crippen LogP) is 6.52. The van der Waals surface area contributed by atoms with Crippen LogP contribution < -0.4 is 16.0 Å². The van der Waals surface area contributed by atoms with Crippen molar-refractivity contribution in [2.75, 3.05) is 17.2 Å². The SMILES string of the molecule is O=C(O)NCc1ccc(Nc2ccccc2NCCc2ccc(-c3ccccc3)cc2)cc1. The van der Waals surface area contributed by atoms with E-state index < -0.39 is 6.09 Å². The first-order valence-corrected chi connectivity index (χ1v) is 11.0. The van der Waals surface area contributed by atoms with E-state index in [0.717, 1.165) is 35.6 Å². The molecule has 4 aromatic rings. The standard InChI is InChI=1S/C28H27N3O2/c32-28(33)30-20-22-12-16-25(17-13-22)31-27-9-5-4-8-26(27)29-19-18-21-10-14-24(15-11-21)23-6-2-1-3-7-23/h1-17,29-31H,18-20H2,(H,32,33). The number of benzene rings is 4. The van der Waals surface area contributed by atoms with Gasteiger partial charge in [0.1, 0.15) is 0 Å². The normalized spacial score (nSPS) is 10.4. The minimum atomic E-state index is -1.02. The summed E-state index contributed by atoms with van der Waals surface area (Å²) in [7, 11) is 0. The van der Waals surface area contributed by atoms with Crippen molar-refractivity contribution in [3.8, 4) is 11.1 Å². The monoisotopic (exact) mass is 437 g/mol. The second kappa shape index (κ2) is 10.9. The van der Waals surface area contributed by atoms with Crippen molar-refractivity contribution in [3.05, 3.63) is 114 Å². The maximum Gasteiger partial charge on any atom is 0.404 e. The van der Waals surface area contributed by atoms with Crippen molar-refractivity contribution < 1.29 is 9.90 Å². The molecule has 5 heteroatoms. The summed E-state index contributed by atoms with van der Waals surface area (Å²) in [5.74, 6) is 0. The van der Waals surface area contributed by atoms with Crippen LogP contribution >= 0.6 is 0 Å². The maximum atomic E-state index is 10.6. The highest BCUT2D eigenvalue weighted by molar-refractivity contribution is 5.74. The van der Waals surface area contributed by atoms with E-state index in [1.54, 1.807) is 0 Å². The topological polar surface area (TPSA) is 73.4 Å². The van der Waals surface area contributed by atoms with Gasteiger partial charge in [0.2, 0.25) is 0 Å². The molecule has 0 radical (unpaired) electrons. The third-order valence-corrected chi connectivity index (χ3v) is 5.39. The first-order valence-electron chi connectivity index (χ1n) is 11.0. The number of nitrogens with one attached hydrogen (secondary N) is 3. The zero-order chi connectivity index (χ0) is 22.9. The lowest BCUT2D eigenvalue weighted by atomic mass is 10.0. The van der Waals surface area contributed by atoms with Gasteiger partial charge >= 0.3 is 6.09 Å². The summed E-state index contributed by atoms with van der Waals surface area (Å²) in [5, 5.41) is 18.1. The molecule has 4 aromatic carbocycles. The average Bonchev–Trinajstić information content (AvgIpc) is 2.85. The van der Waals surface area contributed by atoms with E-state index in [2.05, 4.69) is 70.5 Å². The molecule has 0 heterocycles. The number of para-hydroxylation sites is 2. The van der Waals surface area contributed by atoms with Crippen LogP contribution in [0.1, 0.15) is 11.1 Å². The lowest BCUT2D eigenvalue weighted by Gasteiger charge is -2.14. The van der Waals surface area contributed by atoms with E-state index in [1.165, 1.54) is 16.7 Å². The molecule has 5 nitrogen and oxygen atoms in total. The van der Waals surface area contributed by atoms with Crippen LogP contribution in [-0.2, 0) is 13.0 Å². The summed E-state index contributed by atoms with van der Waals surface area (Å²) in [6.45, 7) is 1.11. The third-order valence-electron chi connectivity index (χ3n) is 5.39. The Bertz CT molecular complexity index is 1170. The Morgan fingerprint density at radius 2 is 1.27 bits per heavy atom. The molecule has 33 heavy (non-hydrogen) atoms. The van der Waals surface area contributed by atoms with Gasteiger partial charge in [-0.1, -0.05) is 78.9 Å². The molecule has 4 N–H and O–H groups in total. The van der Waals surface area contributed by atoms with Gasteiger partial charge < -0.3 is 21.1 Å². The van der Waals surface area contributed by atoms with Crippen LogP contribution in [0.2, 0.25) is 0 Å². The minimum absolute atomic E-state index is 0.292. The van der Waals surface area contributed by atoms with Gasteiger partial charge in [-0.3, -0.25) is 0 Å². The molecular formula is C28H27N3O2. The maximum absolute atomic E-state index is 10.6. The van der Waals surface area contributed by atoms with Gasteiger partial charge in [-0.05, 0) is 52.9 Å². The number of anilines is 3. The fourth-order valence-corrected chi connectivity index (χ4v) is 3.62. The number of carbonyl (C=O) groups is 1. The summed E-state index contributed by atoms with van der Waals surface area (Å²) in [6, 6.07) is 35.0. The van der Waals surface area contributed by atoms with Crippen LogP contribution in [0.3, 0.4) is 0 Å². The van der Waals surface area contributed by atoms with E-state index in [-0.39, 0.29) is 0 Å². The van der Waals surface area contributed by atoms with Crippen molar-refractivity contribution in [2.24, 2.45) is 0 Å². The van der Waals surface area contributed by atoms with Crippen LogP contribution in [0.25, 0.3) is 11.1 Å². The van der Waals surface area contributed by atoms with E-state index in [0.29, 0.717) is 6.54 Å². The number of rotatable bonds is 9. The Kier molecular flexibility index (Phi) is 7.23. The second-order valence-corrected chi connectivity index (χ2v) is 7.77. The molecule has 0 saturated heterocycles. The molecule has 4 rings (SSSR count). The van der Waals surface area contributed by atoms with Crippen LogP contribution in [0.4, 0.5) is 21.9 Å². The van der Waals surface area contributed by atoms with Crippen molar-refractivity contribution in [1.29, 1.82) is 0 Å². The predicted molar refractivity (Wildman–Crippen MR) is 135 cm³/mol. The number of hydrogen-bond donors (Lipinski definition) is 4. The molecule has 0 aliphatic carbocycles. The smallest absolute Gasteiger partial charge is 0.404 e. The van der Waals surface area contributed by atoms with Gasteiger partial charge in [0.15, 0.2) is 0 Å². The quantitative estimate of drug-likeness (QED) is 0.241. The fraction of sp³-hybridized carbons (Fsp3) is 0.107. The zero-order valence-corrected chi connectivity index (χ0v) is 18.3. The van der Waals surface area contributed by atoms with Gasteiger partial charge in [0.05, 0.1) is 11.4 Å². The van der Waals surface area contributed by atoms with Crippen LogP contribution in [-0.4, -0.2) is 17.7 Å². The highest BCUT2D eigenvalue weighted by atomic mass is 16.4. The summed E-state index contributed by atoms with van der Waals surface area (Å²) in [5.41, 5.74) is 7.63.